The Hall–Kier alpha value is -7.42. The predicted octanol–water partition coefficient (Wildman–Crippen LogP) is 20.8. The van der Waals surface area contributed by atoms with Gasteiger partial charge in [0.1, 0.15) is 0 Å². The van der Waals surface area contributed by atoms with Crippen molar-refractivity contribution >= 4 is 28.4 Å². The van der Waals surface area contributed by atoms with Crippen molar-refractivity contribution in [3.8, 4) is 0 Å². The van der Waals surface area contributed by atoms with Crippen molar-refractivity contribution < 1.29 is 0 Å². The van der Waals surface area contributed by atoms with E-state index in [4.69, 9.17) is 0 Å². The Morgan fingerprint density at radius 1 is 0.257 bits per heavy atom. The molecule has 2 nitrogen and oxygen atoms in total. The summed E-state index contributed by atoms with van der Waals surface area (Å²) >= 11 is 0. The first-order valence-electron chi connectivity index (χ1n) is 25.2. The van der Waals surface area contributed by atoms with E-state index in [1.807, 2.05) is 0 Å². The first kappa shape index (κ1) is 60.9. The van der Waals surface area contributed by atoms with Crippen molar-refractivity contribution in [2.75, 3.05) is 16.8 Å². The number of anilines is 5. The molecule has 0 radical (unpaired) electrons. The van der Waals surface area contributed by atoms with Crippen LogP contribution in [-0.4, -0.2) is 7.05 Å². The molecule has 0 unspecified atom stereocenters. The minimum absolute atomic E-state index is 0. The highest BCUT2D eigenvalue weighted by molar-refractivity contribution is 5.79. The van der Waals surface area contributed by atoms with E-state index in [-0.39, 0.29) is 22.3 Å². The second-order valence-corrected chi connectivity index (χ2v) is 19.2. The zero-order valence-electron chi connectivity index (χ0n) is 44.9. The molecular formula is C72H88N2. The summed E-state index contributed by atoms with van der Waals surface area (Å²) in [4.78, 5) is 4.56. The zero-order chi connectivity index (χ0) is 51.0. The molecule has 0 heterocycles. The van der Waals surface area contributed by atoms with E-state index in [9.17, 15) is 0 Å². The van der Waals surface area contributed by atoms with Gasteiger partial charge in [-0.2, -0.15) is 0 Å². The van der Waals surface area contributed by atoms with Crippen LogP contribution in [0.2, 0.25) is 0 Å². The van der Waals surface area contributed by atoms with Crippen molar-refractivity contribution in [1.29, 1.82) is 0 Å². The normalized spacial score (nSPS) is 10.0. The predicted molar refractivity (Wildman–Crippen MR) is 330 cm³/mol. The molecule has 0 aromatic heterocycles. The van der Waals surface area contributed by atoms with Crippen LogP contribution in [0.25, 0.3) is 0 Å². The smallest absolute Gasteiger partial charge is 0.0490 e. The van der Waals surface area contributed by atoms with Crippen molar-refractivity contribution in [3.05, 3.63) is 289 Å². The number of benzene rings is 9. The van der Waals surface area contributed by atoms with Gasteiger partial charge >= 0.3 is 0 Å². The molecule has 0 amide bonds. The molecule has 9 aromatic rings. The van der Waals surface area contributed by atoms with E-state index in [0.717, 1.165) is 12.8 Å². The molecule has 0 aliphatic carbocycles. The van der Waals surface area contributed by atoms with Crippen LogP contribution in [0.15, 0.2) is 200 Å². The van der Waals surface area contributed by atoms with Gasteiger partial charge in [-0.15, -0.1) is 0 Å². The molecule has 0 bridgehead atoms. The van der Waals surface area contributed by atoms with Crippen molar-refractivity contribution in [2.45, 2.75) is 118 Å². The fourth-order valence-corrected chi connectivity index (χ4v) is 9.18. The van der Waals surface area contributed by atoms with E-state index in [2.05, 4.69) is 300 Å². The van der Waals surface area contributed by atoms with E-state index in [0.29, 0.717) is 0 Å². The van der Waals surface area contributed by atoms with E-state index < -0.39 is 0 Å². The number of nitrogens with zero attached hydrogens (tertiary/aromatic N) is 2. The molecule has 0 aliphatic rings. The molecule has 0 saturated carbocycles. The summed E-state index contributed by atoms with van der Waals surface area (Å²) in [6.45, 7) is 26.3. The number of aryl methyl sites for hydroxylation is 10. The Labute approximate surface area is 450 Å². The molecule has 0 aliphatic heterocycles. The lowest BCUT2D eigenvalue weighted by Gasteiger charge is -2.28. The van der Waals surface area contributed by atoms with Gasteiger partial charge in [-0.05, 0) is 221 Å². The van der Waals surface area contributed by atoms with Crippen LogP contribution in [0.3, 0.4) is 0 Å². The highest BCUT2D eigenvalue weighted by atomic mass is 15.1. The third-order valence-corrected chi connectivity index (χ3v) is 14.1. The maximum absolute atomic E-state index is 2.32. The Balaban J connectivity index is 0.000000259. The maximum atomic E-state index is 2.32. The average Bonchev–Trinajstić information content (AvgIpc) is 3.37. The number of rotatable bonds is 9. The number of hydrogen-bond acceptors (Lipinski definition) is 2. The molecule has 386 valence electrons. The highest BCUT2D eigenvalue weighted by Crippen LogP contribution is 2.38. The topological polar surface area (TPSA) is 6.48 Å². The molecule has 0 N–H and O–H groups in total. The Kier molecular flexibility index (Phi) is 24.1. The van der Waals surface area contributed by atoms with Crippen molar-refractivity contribution in [3.63, 3.8) is 0 Å². The Morgan fingerprint density at radius 3 is 0.878 bits per heavy atom. The van der Waals surface area contributed by atoms with Crippen molar-refractivity contribution in [1.82, 2.24) is 0 Å². The van der Waals surface area contributed by atoms with Gasteiger partial charge in [0.2, 0.25) is 0 Å². The van der Waals surface area contributed by atoms with Crippen LogP contribution in [0, 0.1) is 83.1 Å². The van der Waals surface area contributed by atoms with Gasteiger partial charge in [0, 0.05) is 35.5 Å². The molecule has 9 rings (SSSR count). The lowest BCUT2D eigenvalue weighted by Crippen LogP contribution is -2.12. The van der Waals surface area contributed by atoms with Crippen LogP contribution in [0.5, 0.6) is 0 Å². The molecule has 74 heavy (non-hydrogen) atoms. The minimum Gasteiger partial charge on any atom is -0.344 e. The molecular weight excluding hydrogens is 893 g/mol. The van der Waals surface area contributed by atoms with E-state index >= 15 is 0 Å². The van der Waals surface area contributed by atoms with Crippen LogP contribution in [0.1, 0.15) is 111 Å². The lowest BCUT2D eigenvalue weighted by molar-refractivity contribution is 1.06. The molecule has 0 atom stereocenters. The van der Waals surface area contributed by atoms with Crippen LogP contribution < -0.4 is 9.80 Å². The third-order valence-electron chi connectivity index (χ3n) is 14.1. The first-order chi connectivity index (χ1) is 34.2. The molecule has 0 saturated heterocycles. The minimum atomic E-state index is 0. The maximum Gasteiger partial charge on any atom is 0.0490 e. The van der Waals surface area contributed by atoms with Gasteiger partial charge in [0.15, 0.2) is 0 Å². The van der Waals surface area contributed by atoms with E-state index in [1.165, 1.54) is 117 Å². The second-order valence-electron chi connectivity index (χ2n) is 19.2. The summed E-state index contributed by atoms with van der Waals surface area (Å²) in [7, 11) is 2.12. The number of hydrogen-bond donors (Lipinski definition) is 0. The van der Waals surface area contributed by atoms with Crippen LogP contribution in [-0.2, 0) is 12.8 Å². The SMILES string of the molecule is C.C.C.Cc1ccc(C)c(Cc2c(C)ccc(C)c2C)c1C.Cc1ccccc1Cc1ccccc1C.Cc1ccccc1N(C)c1ccccc1C.Cc1ccccc1N(c1ccccc1)c1ccccc1C. The standard InChI is InChI=1S/C20H19N.C19H24.C15H17N.C15H16.3CH4/c1-16-10-6-8-14-19(16)21(18-12-4-3-5-13-18)20-15-9-7-11-17(20)2;1-12-7-9-14(3)18(16(12)5)11-19-15(4)10-8-13(2)17(19)6;1-12-8-4-6-10-14(12)16(3)15-11-7-5-9-13(15)2;1-12-7-3-5-9-14(12)11-15-10-6-4-8-13(15)2;;;/h3-15H,1-2H3;7-10H,11H2,1-6H3;4-11H,1-3H3;3-10H,11H2,1-2H3;3*1H4. The monoisotopic (exact) mass is 981 g/mol. The van der Waals surface area contributed by atoms with Gasteiger partial charge < -0.3 is 9.80 Å². The molecule has 2 heteroatoms. The van der Waals surface area contributed by atoms with Gasteiger partial charge in [0.05, 0.1) is 0 Å². The number of para-hydroxylation sites is 5. The first-order valence-corrected chi connectivity index (χ1v) is 25.2. The van der Waals surface area contributed by atoms with Crippen molar-refractivity contribution in [2.24, 2.45) is 0 Å². The summed E-state index contributed by atoms with van der Waals surface area (Å²) in [6, 6.07) is 70.6. The summed E-state index contributed by atoms with van der Waals surface area (Å²) in [5.74, 6) is 0. The van der Waals surface area contributed by atoms with Gasteiger partial charge in [-0.3, -0.25) is 0 Å². The second kappa shape index (κ2) is 29.3. The fraction of sp³-hybridized carbons (Fsp3) is 0.250. The third kappa shape index (κ3) is 15.8. The fourth-order valence-electron chi connectivity index (χ4n) is 9.18. The van der Waals surface area contributed by atoms with Crippen LogP contribution in [0.4, 0.5) is 28.4 Å². The van der Waals surface area contributed by atoms with Crippen LogP contribution >= 0.6 is 0 Å². The lowest BCUT2D eigenvalue weighted by atomic mass is 9.88. The zero-order valence-corrected chi connectivity index (χ0v) is 44.9. The summed E-state index contributed by atoms with van der Waals surface area (Å²) in [5.41, 5.74) is 28.4. The molecule has 0 fully saturated rings. The van der Waals surface area contributed by atoms with Gasteiger partial charge in [-0.25, -0.2) is 0 Å². The summed E-state index contributed by atoms with van der Waals surface area (Å²) in [6.07, 6.45) is 2.10. The summed E-state index contributed by atoms with van der Waals surface area (Å²) in [5, 5.41) is 0. The average molecular weight is 982 g/mol. The quantitative estimate of drug-likeness (QED) is 0.142. The van der Waals surface area contributed by atoms with Gasteiger partial charge in [-0.1, -0.05) is 186 Å². The summed E-state index contributed by atoms with van der Waals surface area (Å²) < 4.78 is 0. The highest BCUT2D eigenvalue weighted by Gasteiger charge is 2.16. The Morgan fingerprint density at radius 2 is 0.541 bits per heavy atom. The Bertz CT molecular complexity index is 2950. The molecule has 9 aromatic carbocycles. The van der Waals surface area contributed by atoms with Gasteiger partial charge in [0.25, 0.3) is 0 Å². The largest absolute Gasteiger partial charge is 0.344 e. The molecule has 0 spiro atoms. The van der Waals surface area contributed by atoms with E-state index in [1.54, 1.807) is 0 Å².